The largest absolute Gasteiger partial charge is 0.355 e. The molecule has 0 aliphatic rings. The van der Waals surface area contributed by atoms with Crippen LogP contribution in [0.1, 0.15) is 30.0 Å². The number of amides is 2. The Balaban J connectivity index is 1.81. The SMILES string of the molecule is CCNC(=O)[C@@H](Cc1ccccc1)N(Cc1ccc(C)cc1)C(=O)CCSc1ccc(Cl)cc1. The maximum atomic E-state index is 13.5. The summed E-state index contributed by atoms with van der Waals surface area (Å²) in [7, 11) is 0. The highest BCUT2D eigenvalue weighted by Crippen LogP contribution is 2.22. The van der Waals surface area contributed by atoms with Gasteiger partial charge in [-0.1, -0.05) is 71.8 Å². The highest BCUT2D eigenvalue weighted by Gasteiger charge is 2.29. The fourth-order valence-electron chi connectivity index (χ4n) is 3.67. The summed E-state index contributed by atoms with van der Waals surface area (Å²) in [5.74, 6) is 0.463. The number of halogens is 1. The Hall–Kier alpha value is -2.76. The summed E-state index contributed by atoms with van der Waals surface area (Å²) in [4.78, 5) is 29.5. The van der Waals surface area contributed by atoms with Crippen LogP contribution in [0.4, 0.5) is 0 Å². The van der Waals surface area contributed by atoms with Crippen molar-refractivity contribution in [3.8, 4) is 0 Å². The van der Waals surface area contributed by atoms with Crippen molar-refractivity contribution < 1.29 is 9.59 Å². The van der Waals surface area contributed by atoms with Gasteiger partial charge in [0.25, 0.3) is 0 Å². The number of carbonyl (C=O) groups excluding carboxylic acids is 2. The Labute approximate surface area is 211 Å². The van der Waals surface area contributed by atoms with Gasteiger partial charge in [-0.05, 0) is 49.2 Å². The third-order valence-electron chi connectivity index (χ3n) is 5.49. The van der Waals surface area contributed by atoms with Crippen molar-refractivity contribution >= 4 is 35.2 Å². The number of carbonyl (C=O) groups is 2. The van der Waals surface area contributed by atoms with Crippen LogP contribution in [0.2, 0.25) is 5.02 Å². The minimum Gasteiger partial charge on any atom is -0.355 e. The lowest BCUT2D eigenvalue weighted by molar-refractivity contribution is -0.140. The molecule has 0 aromatic heterocycles. The van der Waals surface area contributed by atoms with Crippen molar-refractivity contribution in [3.63, 3.8) is 0 Å². The molecule has 2 amide bonds. The second kappa shape index (κ2) is 13.2. The fraction of sp³-hybridized carbons (Fsp3) is 0.286. The van der Waals surface area contributed by atoms with Gasteiger partial charge >= 0.3 is 0 Å². The topological polar surface area (TPSA) is 49.4 Å². The number of rotatable bonds is 11. The number of nitrogens with one attached hydrogen (secondary N) is 1. The molecule has 0 aliphatic carbocycles. The first-order chi connectivity index (χ1) is 16.5. The molecule has 0 aliphatic heterocycles. The van der Waals surface area contributed by atoms with Crippen molar-refractivity contribution in [2.45, 2.75) is 44.2 Å². The Morgan fingerprint density at radius 3 is 2.26 bits per heavy atom. The van der Waals surface area contributed by atoms with E-state index in [9.17, 15) is 9.59 Å². The molecule has 0 spiro atoms. The maximum Gasteiger partial charge on any atom is 0.243 e. The van der Waals surface area contributed by atoms with Gasteiger partial charge in [-0.25, -0.2) is 0 Å². The molecule has 0 saturated heterocycles. The number of likely N-dealkylation sites (N-methyl/N-ethyl adjacent to an activating group) is 1. The first kappa shape index (κ1) is 25.9. The van der Waals surface area contributed by atoms with Crippen LogP contribution >= 0.6 is 23.4 Å². The molecule has 34 heavy (non-hydrogen) atoms. The molecular weight excluding hydrogens is 464 g/mol. The van der Waals surface area contributed by atoms with E-state index in [1.54, 1.807) is 16.7 Å². The van der Waals surface area contributed by atoms with Crippen molar-refractivity contribution in [1.82, 2.24) is 10.2 Å². The highest BCUT2D eigenvalue weighted by atomic mass is 35.5. The van der Waals surface area contributed by atoms with Crippen molar-refractivity contribution in [2.75, 3.05) is 12.3 Å². The van der Waals surface area contributed by atoms with Gasteiger partial charge in [-0.3, -0.25) is 9.59 Å². The second-order valence-electron chi connectivity index (χ2n) is 8.16. The van der Waals surface area contributed by atoms with E-state index in [0.717, 1.165) is 21.6 Å². The van der Waals surface area contributed by atoms with Crippen LogP contribution in [0.15, 0.2) is 83.8 Å². The zero-order valence-electron chi connectivity index (χ0n) is 19.7. The zero-order valence-corrected chi connectivity index (χ0v) is 21.2. The van der Waals surface area contributed by atoms with Gasteiger partial charge in [-0.15, -0.1) is 11.8 Å². The Morgan fingerprint density at radius 2 is 1.62 bits per heavy atom. The van der Waals surface area contributed by atoms with E-state index in [2.05, 4.69) is 5.32 Å². The molecule has 3 aromatic carbocycles. The lowest BCUT2D eigenvalue weighted by Crippen LogP contribution is -2.50. The summed E-state index contributed by atoms with van der Waals surface area (Å²) in [6.45, 7) is 4.84. The summed E-state index contributed by atoms with van der Waals surface area (Å²) >= 11 is 7.58. The van der Waals surface area contributed by atoms with Crippen molar-refractivity contribution in [2.24, 2.45) is 0 Å². The Morgan fingerprint density at radius 1 is 0.941 bits per heavy atom. The molecule has 1 N–H and O–H groups in total. The van der Waals surface area contributed by atoms with Crippen LogP contribution in [0.3, 0.4) is 0 Å². The van der Waals surface area contributed by atoms with Gasteiger partial charge < -0.3 is 10.2 Å². The fourth-order valence-corrected chi connectivity index (χ4v) is 4.63. The lowest BCUT2D eigenvalue weighted by atomic mass is 10.0. The van der Waals surface area contributed by atoms with Gasteiger partial charge in [-0.2, -0.15) is 0 Å². The molecule has 3 aromatic rings. The van der Waals surface area contributed by atoms with Gasteiger partial charge in [0.05, 0.1) is 0 Å². The predicted molar refractivity (Wildman–Crippen MR) is 141 cm³/mol. The number of nitrogens with zero attached hydrogens (tertiary/aromatic N) is 1. The van der Waals surface area contributed by atoms with E-state index in [1.807, 2.05) is 92.7 Å². The van der Waals surface area contributed by atoms with Gasteiger partial charge in [0.2, 0.25) is 11.8 Å². The molecule has 0 fully saturated rings. The maximum absolute atomic E-state index is 13.5. The number of benzene rings is 3. The quantitative estimate of drug-likeness (QED) is 0.337. The van der Waals surface area contributed by atoms with Crippen LogP contribution in [-0.2, 0) is 22.6 Å². The average Bonchev–Trinajstić information content (AvgIpc) is 2.84. The summed E-state index contributed by atoms with van der Waals surface area (Å²) in [5, 5.41) is 3.62. The molecule has 0 heterocycles. The van der Waals surface area contributed by atoms with Crippen LogP contribution in [-0.4, -0.2) is 35.1 Å². The zero-order chi connectivity index (χ0) is 24.3. The standard InChI is InChI=1S/C28H31ClN2O2S/c1-3-30-28(33)26(19-22-7-5-4-6-8-22)31(20-23-11-9-21(2)10-12-23)27(32)17-18-34-25-15-13-24(29)14-16-25/h4-16,26H,3,17-20H2,1-2H3,(H,30,33)/t26-/m1/s1. The summed E-state index contributed by atoms with van der Waals surface area (Å²) in [6, 6.07) is 25.0. The molecule has 6 heteroatoms. The van der Waals surface area contributed by atoms with E-state index < -0.39 is 6.04 Å². The Kier molecular flexibility index (Phi) is 10.0. The first-order valence-corrected chi connectivity index (χ1v) is 12.9. The summed E-state index contributed by atoms with van der Waals surface area (Å²) < 4.78 is 0. The molecule has 0 saturated carbocycles. The Bertz CT molecular complexity index is 1060. The molecular formula is C28H31ClN2O2S. The molecule has 3 rings (SSSR count). The van der Waals surface area contributed by atoms with Crippen molar-refractivity contribution in [3.05, 3.63) is 101 Å². The number of hydrogen-bond acceptors (Lipinski definition) is 3. The minimum absolute atomic E-state index is 0.0331. The molecule has 178 valence electrons. The number of thioether (sulfide) groups is 1. The van der Waals surface area contributed by atoms with E-state index in [1.165, 1.54) is 0 Å². The highest BCUT2D eigenvalue weighted by molar-refractivity contribution is 7.99. The predicted octanol–water partition coefficient (Wildman–Crippen LogP) is 5.91. The van der Waals surface area contributed by atoms with Crippen LogP contribution in [0, 0.1) is 6.92 Å². The van der Waals surface area contributed by atoms with E-state index in [0.29, 0.717) is 36.7 Å². The lowest BCUT2D eigenvalue weighted by Gasteiger charge is -2.31. The molecule has 4 nitrogen and oxygen atoms in total. The third kappa shape index (κ3) is 7.93. The molecule has 0 bridgehead atoms. The number of hydrogen-bond donors (Lipinski definition) is 1. The third-order valence-corrected chi connectivity index (χ3v) is 6.76. The van der Waals surface area contributed by atoms with E-state index >= 15 is 0 Å². The number of aryl methyl sites for hydroxylation is 1. The molecule has 0 unspecified atom stereocenters. The normalized spacial score (nSPS) is 11.6. The monoisotopic (exact) mass is 494 g/mol. The van der Waals surface area contributed by atoms with Gasteiger partial charge in [0, 0.05) is 41.6 Å². The van der Waals surface area contributed by atoms with Gasteiger partial charge in [0.15, 0.2) is 0 Å². The summed E-state index contributed by atoms with van der Waals surface area (Å²) in [5.41, 5.74) is 3.19. The molecule has 0 radical (unpaired) electrons. The second-order valence-corrected chi connectivity index (χ2v) is 9.76. The van der Waals surface area contributed by atoms with E-state index in [4.69, 9.17) is 11.6 Å². The van der Waals surface area contributed by atoms with Crippen LogP contribution < -0.4 is 5.32 Å². The van der Waals surface area contributed by atoms with Crippen LogP contribution in [0.5, 0.6) is 0 Å². The molecule has 1 atom stereocenters. The summed E-state index contributed by atoms with van der Waals surface area (Å²) in [6.07, 6.45) is 0.804. The van der Waals surface area contributed by atoms with Crippen molar-refractivity contribution in [1.29, 1.82) is 0 Å². The smallest absolute Gasteiger partial charge is 0.243 e. The van der Waals surface area contributed by atoms with Gasteiger partial charge in [0.1, 0.15) is 6.04 Å². The first-order valence-electron chi connectivity index (χ1n) is 11.5. The van der Waals surface area contributed by atoms with Crippen LogP contribution in [0.25, 0.3) is 0 Å². The average molecular weight is 495 g/mol. The van der Waals surface area contributed by atoms with E-state index in [-0.39, 0.29) is 11.8 Å². The minimum atomic E-state index is -0.586.